The molecule has 0 spiro atoms. The lowest BCUT2D eigenvalue weighted by Gasteiger charge is -2.33. The fourth-order valence-corrected chi connectivity index (χ4v) is 4.61. The fraction of sp³-hybridized carbons (Fsp3) is 0.368. The van der Waals surface area contributed by atoms with Crippen LogP contribution in [0, 0.1) is 6.92 Å². The first-order chi connectivity index (χ1) is 13.4. The molecule has 1 aliphatic heterocycles. The average molecular weight is 420 g/mol. The number of hydrogen-bond acceptors (Lipinski definition) is 6. The number of nitrogens with zero attached hydrogens (tertiary/aromatic N) is 5. The van der Waals surface area contributed by atoms with Gasteiger partial charge in [-0.2, -0.15) is 4.31 Å². The molecule has 1 aromatic carbocycles. The smallest absolute Gasteiger partial charge is 0.243 e. The van der Waals surface area contributed by atoms with E-state index < -0.39 is 10.0 Å². The molecule has 0 N–H and O–H groups in total. The number of thiol groups is 1. The molecule has 4 rings (SSSR count). The number of benzene rings is 1. The van der Waals surface area contributed by atoms with Gasteiger partial charge in [0, 0.05) is 32.4 Å². The van der Waals surface area contributed by atoms with Crippen LogP contribution in [0.3, 0.4) is 0 Å². The fourth-order valence-electron chi connectivity index (χ4n) is 2.97. The summed E-state index contributed by atoms with van der Waals surface area (Å²) in [6, 6.07) is 12.8. The lowest BCUT2D eigenvalue weighted by Crippen LogP contribution is -2.48. The first kappa shape index (κ1) is 20.8. The summed E-state index contributed by atoms with van der Waals surface area (Å²) in [5, 5.41) is 8.25. The van der Waals surface area contributed by atoms with Crippen LogP contribution in [0.25, 0.3) is 5.65 Å². The van der Waals surface area contributed by atoms with Gasteiger partial charge >= 0.3 is 0 Å². The highest BCUT2D eigenvalue weighted by Gasteiger charge is 2.27. The molecule has 1 aliphatic rings. The van der Waals surface area contributed by atoms with E-state index in [2.05, 4.69) is 34.6 Å². The Kier molecular flexibility index (Phi) is 6.71. The van der Waals surface area contributed by atoms with Gasteiger partial charge in [0.2, 0.25) is 10.0 Å². The molecule has 150 valence electrons. The van der Waals surface area contributed by atoms with Gasteiger partial charge in [-0.15, -0.1) is 22.8 Å². The first-order valence-electron chi connectivity index (χ1n) is 9.19. The van der Waals surface area contributed by atoms with E-state index >= 15 is 0 Å². The van der Waals surface area contributed by atoms with Crippen molar-refractivity contribution in [2.75, 3.05) is 32.7 Å². The summed E-state index contributed by atoms with van der Waals surface area (Å²) >= 11 is 4.09. The van der Waals surface area contributed by atoms with Crippen LogP contribution in [0.15, 0.2) is 58.7 Å². The van der Waals surface area contributed by atoms with Crippen LogP contribution in [0.5, 0.6) is 0 Å². The number of piperazine rings is 1. The minimum Gasteiger partial charge on any atom is -0.301 e. The average Bonchev–Trinajstić information content (AvgIpc) is 3.10. The maximum atomic E-state index is 12.4. The van der Waals surface area contributed by atoms with E-state index in [0.29, 0.717) is 23.1 Å². The zero-order chi connectivity index (χ0) is 20.1. The minimum absolute atomic E-state index is 0.401. The molecule has 0 saturated carbocycles. The maximum absolute atomic E-state index is 12.4. The van der Waals surface area contributed by atoms with Crippen molar-refractivity contribution in [2.24, 2.45) is 0 Å². The third-order valence-electron chi connectivity index (χ3n) is 4.73. The van der Waals surface area contributed by atoms with Crippen molar-refractivity contribution < 1.29 is 8.42 Å². The standard InChI is InChI=1S/C13H20N2O2S.C6H5N3S/c1-3-14-8-10-15(11-9-14)18(16,17)13-6-4-12(2)5-7-13;10-6-8-7-5-3-1-2-4-9(5)6/h4-7H,3,8-11H2,1-2H3;1-4H,(H,8,10). The molecule has 7 nitrogen and oxygen atoms in total. The molecule has 0 radical (unpaired) electrons. The third kappa shape index (κ3) is 4.72. The van der Waals surface area contributed by atoms with Crippen LogP contribution < -0.4 is 0 Å². The summed E-state index contributed by atoms with van der Waals surface area (Å²) in [6.45, 7) is 7.86. The van der Waals surface area contributed by atoms with Gasteiger partial charge in [-0.1, -0.05) is 30.7 Å². The second-order valence-corrected chi connectivity index (χ2v) is 8.92. The Morgan fingerprint density at radius 3 is 2.29 bits per heavy atom. The van der Waals surface area contributed by atoms with Crippen LogP contribution in [-0.2, 0) is 10.0 Å². The van der Waals surface area contributed by atoms with Gasteiger partial charge in [-0.3, -0.25) is 4.40 Å². The minimum atomic E-state index is -3.30. The predicted molar refractivity (Wildman–Crippen MR) is 112 cm³/mol. The monoisotopic (exact) mass is 419 g/mol. The highest BCUT2D eigenvalue weighted by atomic mass is 32.2. The van der Waals surface area contributed by atoms with Crippen molar-refractivity contribution in [3.63, 3.8) is 0 Å². The predicted octanol–water partition coefficient (Wildman–Crippen LogP) is 2.34. The number of sulfonamides is 1. The Hall–Kier alpha value is -1.94. The molecule has 28 heavy (non-hydrogen) atoms. The third-order valence-corrected chi connectivity index (χ3v) is 6.95. The van der Waals surface area contributed by atoms with Gasteiger partial charge in [0.05, 0.1) is 4.90 Å². The molecule has 0 unspecified atom stereocenters. The molecule has 9 heteroatoms. The first-order valence-corrected chi connectivity index (χ1v) is 11.1. The number of pyridine rings is 1. The van der Waals surface area contributed by atoms with E-state index in [1.165, 1.54) is 0 Å². The quantitative estimate of drug-likeness (QED) is 0.660. The zero-order valence-electron chi connectivity index (χ0n) is 16.1. The van der Waals surface area contributed by atoms with Crippen molar-refractivity contribution in [1.82, 2.24) is 23.8 Å². The summed E-state index contributed by atoms with van der Waals surface area (Å²) in [6.07, 6.45) is 1.87. The SMILES string of the molecule is CCN1CCN(S(=O)(=O)c2ccc(C)cc2)CC1.Sc1nnc2ccccn12. The van der Waals surface area contributed by atoms with Crippen LogP contribution >= 0.6 is 12.6 Å². The molecule has 3 aromatic rings. The lowest BCUT2D eigenvalue weighted by molar-refractivity contribution is 0.196. The van der Waals surface area contributed by atoms with E-state index in [-0.39, 0.29) is 0 Å². The highest BCUT2D eigenvalue weighted by molar-refractivity contribution is 7.89. The summed E-state index contributed by atoms with van der Waals surface area (Å²) in [4.78, 5) is 2.67. The van der Waals surface area contributed by atoms with Crippen molar-refractivity contribution in [1.29, 1.82) is 0 Å². The van der Waals surface area contributed by atoms with E-state index in [0.717, 1.165) is 30.8 Å². The molecule has 0 atom stereocenters. The van der Waals surface area contributed by atoms with E-state index in [1.54, 1.807) is 16.4 Å². The van der Waals surface area contributed by atoms with Crippen molar-refractivity contribution in [2.45, 2.75) is 23.9 Å². The van der Waals surface area contributed by atoms with Crippen LogP contribution in [0.2, 0.25) is 0 Å². The van der Waals surface area contributed by atoms with Gasteiger partial charge in [-0.25, -0.2) is 8.42 Å². The molecule has 0 bridgehead atoms. The van der Waals surface area contributed by atoms with Crippen LogP contribution in [-0.4, -0.2) is 64.9 Å². The number of likely N-dealkylation sites (N-methyl/N-ethyl adjacent to an activating group) is 1. The lowest BCUT2D eigenvalue weighted by atomic mass is 10.2. The summed E-state index contributed by atoms with van der Waals surface area (Å²) in [7, 11) is -3.30. The van der Waals surface area contributed by atoms with Gasteiger partial charge in [0.25, 0.3) is 0 Å². The Bertz CT molecular complexity index is 1010. The Labute approximate surface area is 171 Å². The summed E-state index contributed by atoms with van der Waals surface area (Å²) in [5.41, 5.74) is 1.90. The maximum Gasteiger partial charge on any atom is 0.243 e. The largest absolute Gasteiger partial charge is 0.301 e. The van der Waals surface area contributed by atoms with Gasteiger partial charge in [0.1, 0.15) is 0 Å². The number of rotatable bonds is 3. The normalized spacial score (nSPS) is 16.0. The molecule has 3 heterocycles. The van der Waals surface area contributed by atoms with E-state index in [4.69, 9.17) is 0 Å². The number of aromatic nitrogens is 3. The Morgan fingerprint density at radius 1 is 1.00 bits per heavy atom. The van der Waals surface area contributed by atoms with Crippen molar-refractivity contribution in [3.05, 3.63) is 54.2 Å². The van der Waals surface area contributed by atoms with E-state index in [1.807, 2.05) is 47.9 Å². The second-order valence-electron chi connectivity index (χ2n) is 6.58. The number of aryl methyl sites for hydroxylation is 1. The molecule has 0 amide bonds. The van der Waals surface area contributed by atoms with Crippen LogP contribution in [0.4, 0.5) is 0 Å². The van der Waals surface area contributed by atoms with Crippen molar-refractivity contribution >= 4 is 28.3 Å². The zero-order valence-corrected chi connectivity index (χ0v) is 17.8. The van der Waals surface area contributed by atoms with Gasteiger partial charge < -0.3 is 4.90 Å². The summed E-state index contributed by atoms with van der Waals surface area (Å²) < 4.78 is 28.2. The van der Waals surface area contributed by atoms with Gasteiger partial charge in [0.15, 0.2) is 10.8 Å². The Balaban J connectivity index is 0.000000188. The van der Waals surface area contributed by atoms with E-state index in [9.17, 15) is 8.42 Å². The molecule has 1 fully saturated rings. The summed E-state index contributed by atoms with van der Waals surface area (Å²) in [5.74, 6) is 0. The van der Waals surface area contributed by atoms with Crippen molar-refractivity contribution in [3.8, 4) is 0 Å². The molecular weight excluding hydrogens is 394 g/mol. The topological polar surface area (TPSA) is 70.8 Å². The highest BCUT2D eigenvalue weighted by Crippen LogP contribution is 2.18. The molecule has 2 aromatic heterocycles. The van der Waals surface area contributed by atoms with Gasteiger partial charge in [-0.05, 0) is 37.7 Å². The van der Waals surface area contributed by atoms with Crippen LogP contribution in [0.1, 0.15) is 12.5 Å². The molecule has 0 aliphatic carbocycles. The molecule has 1 saturated heterocycles. The molecular formula is C19H25N5O2S2. The Morgan fingerprint density at radius 2 is 1.68 bits per heavy atom. The second kappa shape index (κ2) is 9.04. The number of hydrogen-bond donors (Lipinski definition) is 1. The number of fused-ring (bicyclic) bond motifs is 1.